The normalized spacial score (nSPS) is 13.0. The molecule has 10 heteroatoms. The maximum Gasteiger partial charge on any atom is 0.334 e. The minimum Gasteiger partial charge on any atom is -0.466 e. The van der Waals surface area contributed by atoms with Crippen molar-refractivity contribution in [3.05, 3.63) is 60.7 Å². The summed E-state index contributed by atoms with van der Waals surface area (Å²) in [4.78, 5) is 53.8. The number of carbonyl (C=O) groups excluding carboxylic acids is 4. The number of hydrogen-bond donors (Lipinski definition) is 0. The molecular formula is C62H104O9Si. The van der Waals surface area contributed by atoms with Gasteiger partial charge in [0.1, 0.15) is 12.2 Å². The van der Waals surface area contributed by atoms with Gasteiger partial charge in [-0.15, -0.1) is 0 Å². The van der Waals surface area contributed by atoms with Crippen LogP contribution in [-0.2, 0) is 42.6 Å². The molecule has 3 unspecified atom stereocenters. The van der Waals surface area contributed by atoms with Crippen LogP contribution in [0, 0.1) is 0 Å². The van der Waals surface area contributed by atoms with Gasteiger partial charge in [0.15, 0.2) is 6.10 Å². The molecule has 0 N–H and O–H groups in total. The third kappa shape index (κ3) is 28.2. The molecule has 410 valence electrons. The van der Waals surface area contributed by atoms with Crippen molar-refractivity contribution >= 4 is 42.6 Å². The Bertz CT molecular complexity index is 1620. The van der Waals surface area contributed by atoms with E-state index < -0.39 is 31.4 Å². The van der Waals surface area contributed by atoms with Crippen molar-refractivity contribution in [2.24, 2.45) is 0 Å². The smallest absolute Gasteiger partial charge is 0.334 e. The van der Waals surface area contributed by atoms with Gasteiger partial charge >= 0.3 is 23.9 Å². The van der Waals surface area contributed by atoms with Crippen LogP contribution in [0.4, 0.5) is 0 Å². The fourth-order valence-corrected chi connectivity index (χ4v) is 14.4. The van der Waals surface area contributed by atoms with Crippen LogP contribution in [-0.4, -0.2) is 63.7 Å². The second-order valence-electron chi connectivity index (χ2n) is 21.5. The van der Waals surface area contributed by atoms with E-state index in [1.54, 1.807) is 0 Å². The summed E-state index contributed by atoms with van der Waals surface area (Å²) in [5.74, 6) is -1.42. The molecule has 0 saturated heterocycles. The molecule has 9 nitrogen and oxygen atoms in total. The summed E-state index contributed by atoms with van der Waals surface area (Å²) >= 11 is 0. The molecule has 0 bridgehead atoms. The number of ether oxygens (including phenoxy) is 4. The van der Waals surface area contributed by atoms with Gasteiger partial charge in [0.2, 0.25) is 0 Å². The van der Waals surface area contributed by atoms with Gasteiger partial charge in [-0.1, -0.05) is 212 Å². The quantitative estimate of drug-likeness (QED) is 0.0277. The maximum atomic E-state index is 14.2. The van der Waals surface area contributed by atoms with Crippen molar-refractivity contribution in [3.8, 4) is 0 Å². The molecule has 0 spiro atoms. The molecule has 2 rings (SSSR count). The van der Waals surface area contributed by atoms with Crippen LogP contribution in [0.5, 0.6) is 0 Å². The number of esters is 4. The van der Waals surface area contributed by atoms with Gasteiger partial charge < -0.3 is 23.4 Å². The lowest BCUT2D eigenvalue weighted by atomic mass is 10.0. The van der Waals surface area contributed by atoms with E-state index in [4.69, 9.17) is 23.4 Å². The molecule has 0 aliphatic heterocycles. The van der Waals surface area contributed by atoms with Crippen molar-refractivity contribution in [1.82, 2.24) is 0 Å². The summed E-state index contributed by atoms with van der Waals surface area (Å²) in [7, 11) is -3.26. The minimum absolute atomic E-state index is 0.00908. The number of benzene rings is 2. The summed E-state index contributed by atoms with van der Waals surface area (Å²) in [6, 6.07) is 20.1. The highest BCUT2D eigenvalue weighted by molar-refractivity contribution is 6.99. The van der Waals surface area contributed by atoms with Crippen molar-refractivity contribution < 1.29 is 42.6 Å². The number of unbranched alkanes of at least 4 members (excludes halogenated alkanes) is 20. The highest BCUT2D eigenvalue weighted by atomic mass is 28.4. The first-order valence-corrected chi connectivity index (χ1v) is 31.3. The van der Waals surface area contributed by atoms with Crippen LogP contribution >= 0.6 is 0 Å². The molecule has 0 aromatic heterocycles. The number of carbonyl (C=O) groups is 4. The van der Waals surface area contributed by atoms with E-state index in [1.807, 2.05) is 36.4 Å². The topological polar surface area (TPSA) is 114 Å². The second-order valence-corrected chi connectivity index (χ2v) is 25.8. The Morgan fingerprint density at radius 1 is 0.431 bits per heavy atom. The minimum atomic E-state index is -3.26. The molecule has 72 heavy (non-hydrogen) atoms. The molecule has 3 atom stereocenters. The lowest BCUT2D eigenvalue weighted by Crippen LogP contribution is -2.68. The van der Waals surface area contributed by atoms with Crippen LogP contribution in [0.15, 0.2) is 60.7 Å². The van der Waals surface area contributed by atoms with E-state index >= 15 is 0 Å². The van der Waals surface area contributed by atoms with Crippen molar-refractivity contribution in [2.45, 2.75) is 284 Å². The Balaban J connectivity index is 2.04. The summed E-state index contributed by atoms with van der Waals surface area (Å²) in [5, 5.41) is 1.53. The first-order valence-electron chi connectivity index (χ1n) is 29.4. The summed E-state index contributed by atoms with van der Waals surface area (Å²) < 4.78 is 30.9. The van der Waals surface area contributed by atoms with Crippen LogP contribution in [0.2, 0.25) is 5.04 Å². The molecular weight excluding hydrogens is 917 g/mol. The standard InChI is InChI=1S/C62H104O9Si/c1-8-12-16-20-22-30-42-53(40-28-18-14-10-3)69-58(63)48-36-26-38-50-67-60(65)52-57(71-72(62(5,6)7,55-44-32-24-33-45-55)56-46-34-25-35-47-56)61(66)68-51-39-27-37-49-59(64)70-54(41-29-19-15-11-4)43-31-23-21-17-13-9-2/h24-25,32-35,44-47,53-54,57H,8-23,26-31,36-43,48-52H2,1-7H3. The zero-order valence-corrected chi connectivity index (χ0v) is 47.9. The van der Waals surface area contributed by atoms with Gasteiger partial charge in [-0.05, 0) is 105 Å². The third-order valence-corrected chi connectivity index (χ3v) is 19.1. The van der Waals surface area contributed by atoms with Crippen LogP contribution in [0.3, 0.4) is 0 Å². The van der Waals surface area contributed by atoms with E-state index in [9.17, 15) is 19.2 Å². The molecule has 0 fully saturated rings. The van der Waals surface area contributed by atoms with Gasteiger partial charge in [-0.25, -0.2) is 4.79 Å². The highest BCUT2D eigenvalue weighted by Crippen LogP contribution is 2.38. The molecule has 2 aromatic carbocycles. The fraction of sp³-hybridized carbons (Fsp3) is 0.742. The van der Waals surface area contributed by atoms with E-state index in [0.29, 0.717) is 51.4 Å². The Kier molecular flexibility index (Phi) is 36.6. The Morgan fingerprint density at radius 2 is 0.778 bits per heavy atom. The fourth-order valence-electron chi connectivity index (χ4n) is 9.75. The van der Waals surface area contributed by atoms with Gasteiger partial charge in [0, 0.05) is 12.8 Å². The zero-order valence-electron chi connectivity index (χ0n) is 46.9. The lowest BCUT2D eigenvalue weighted by molar-refractivity contribution is -0.159. The van der Waals surface area contributed by atoms with Crippen molar-refractivity contribution in [2.75, 3.05) is 13.2 Å². The third-order valence-electron chi connectivity index (χ3n) is 14.0. The van der Waals surface area contributed by atoms with E-state index in [1.165, 1.54) is 103 Å². The predicted octanol–water partition coefficient (Wildman–Crippen LogP) is 15.8. The molecule has 0 aliphatic rings. The van der Waals surface area contributed by atoms with Crippen LogP contribution in [0.25, 0.3) is 0 Å². The van der Waals surface area contributed by atoms with E-state index in [0.717, 1.165) is 61.7 Å². The molecule has 0 saturated carbocycles. The average molecular weight is 1020 g/mol. The van der Waals surface area contributed by atoms with E-state index in [-0.39, 0.29) is 43.8 Å². The lowest BCUT2D eigenvalue weighted by Gasteiger charge is -2.44. The number of hydrogen-bond acceptors (Lipinski definition) is 9. The van der Waals surface area contributed by atoms with Gasteiger partial charge in [0.25, 0.3) is 8.32 Å². The second kappa shape index (κ2) is 40.8. The van der Waals surface area contributed by atoms with Crippen molar-refractivity contribution in [3.63, 3.8) is 0 Å². The van der Waals surface area contributed by atoms with Crippen LogP contribution < -0.4 is 10.4 Å². The van der Waals surface area contributed by atoms with Gasteiger partial charge in [-0.3, -0.25) is 14.4 Å². The van der Waals surface area contributed by atoms with Gasteiger partial charge in [0.05, 0.1) is 19.6 Å². The molecule has 0 radical (unpaired) electrons. The first-order chi connectivity index (χ1) is 34.9. The monoisotopic (exact) mass is 1020 g/mol. The van der Waals surface area contributed by atoms with Gasteiger partial charge in [-0.2, -0.15) is 0 Å². The average Bonchev–Trinajstić information content (AvgIpc) is 3.37. The number of rotatable bonds is 45. The summed E-state index contributed by atoms with van der Waals surface area (Å²) in [6.45, 7) is 15.6. The predicted molar refractivity (Wildman–Crippen MR) is 299 cm³/mol. The highest BCUT2D eigenvalue weighted by Gasteiger charge is 2.53. The summed E-state index contributed by atoms with van der Waals surface area (Å²) in [6.07, 6.45) is 30.7. The molecule has 0 amide bonds. The Hall–Kier alpha value is -3.50. The summed E-state index contributed by atoms with van der Waals surface area (Å²) in [5.41, 5.74) is 0. The Labute approximate surface area is 440 Å². The molecule has 0 heterocycles. The molecule has 0 aliphatic carbocycles. The zero-order chi connectivity index (χ0) is 52.6. The first kappa shape index (κ1) is 64.6. The van der Waals surface area contributed by atoms with Crippen LogP contribution in [0.1, 0.15) is 260 Å². The molecule has 2 aromatic rings. The van der Waals surface area contributed by atoms with Crippen molar-refractivity contribution in [1.29, 1.82) is 0 Å². The largest absolute Gasteiger partial charge is 0.466 e. The van der Waals surface area contributed by atoms with E-state index in [2.05, 4.69) is 72.7 Å². The Morgan fingerprint density at radius 3 is 1.17 bits per heavy atom. The SMILES string of the molecule is CCCCCCCCC(CCCCCC)OC(=O)CCCCCOC(=O)CC(O[Si](c1ccccc1)(c1ccccc1)C(C)(C)C)C(=O)OCCCCCC(=O)OC(CCCCCC)CCCCCCCC. The maximum absolute atomic E-state index is 14.2.